The summed E-state index contributed by atoms with van der Waals surface area (Å²) in [7, 11) is 0. The molecule has 27 heavy (non-hydrogen) atoms. The van der Waals surface area contributed by atoms with Crippen LogP contribution >= 0.6 is 0 Å². The van der Waals surface area contributed by atoms with Gasteiger partial charge in [-0.2, -0.15) is 0 Å². The van der Waals surface area contributed by atoms with Gasteiger partial charge in [0, 0.05) is 11.3 Å². The standard InChI is InChI=1S/C25H37NO/c1-7-15(2)25(6)16(3)12-20-19-9-8-17-13-18(26)10-11-23(17,4)22(19)21(27)14-24(20,25)5/h10-11,13,16,19-22,26-27H,2,7-9,12,14H2,1,3-6H3. The Morgan fingerprint density at radius 1 is 1.33 bits per heavy atom. The molecule has 0 aliphatic heterocycles. The van der Waals surface area contributed by atoms with Gasteiger partial charge in [0.25, 0.3) is 0 Å². The van der Waals surface area contributed by atoms with Gasteiger partial charge in [-0.05, 0) is 72.8 Å². The van der Waals surface area contributed by atoms with E-state index in [-0.39, 0.29) is 28.3 Å². The maximum absolute atomic E-state index is 11.5. The molecule has 4 aliphatic carbocycles. The van der Waals surface area contributed by atoms with Gasteiger partial charge >= 0.3 is 0 Å². The summed E-state index contributed by atoms with van der Waals surface area (Å²) < 4.78 is 0. The zero-order chi connectivity index (χ0) is 19.8. The van der Waals surface area contributed by atoms with Gasteiger partial charge in [0.1, 0.15) is 0 Å². The van der Waals surface area contributed by atoms with Crippen molar-refractivity contribution in [1.82, 2.24) is 0 Å². The van der Waals surface area contributed by atoms with Crippen molar-refractivity contribution in [3.63, 3.8) is 0 Å². The lowest BCUT2D eigenvalue weighted by Gasteiger charge is -2.61. The predicted molar refractivity (Wildman–Crippen MR) is 113 cm³/mol. The van der Waals surface area contributed by atoms with Crippen molar-refractivity contribution >= 4 is 5.71 Å². The van der Waals surface area contributed by atoms with Crippen molar-refractivity contribution in [2.75, 3.05) is 0 Å². The second kappa shape index (κ2) is 5.92. The molecule has 0 aromatic carbocycles. The number of allylic oxidation sites excluding steroid dienone is 5. The summed E-state index contributed by atoms with van der Waals surface area (Å²) in [5.74, 6) is 2.12. The van der Waals surface area contributed by atoms with Gasteiger partial charge in [-0.3, -0.25) is 0 Å². The first kappa shape index (κ1) is 19.2. The highest BCUT2D eigenvalue weighted by molar-refractivity contribution is 6.03. The van der Waals surface area contributed by atoms with Gasteiger partial charge in [0.2, 0.25) is 0 Å². The van der Waals surface area contributed by atoms with E-state index in [0.29, 0.717) is 23.5 Å². The second-order valence-electron chi connectivity index (χ2n) is 10.6. The maximum atomic E-state index is 11.5. The van der Waals surface area contributed by atoms with Gasteiger partial charge in [0.05, 0.1) is 11.8 Å². The minimum atomic E-state index is -0.281. The molecule has 3 saturated carbocycles. The van der Waals surface area contributed by atoms with Crippen LogP contribution in [0.25, 0.3) is 0 Å². The van der Waals surface area contributed by atoms with Crippen LogP contribution in [0.1, 0.15) is 66.7 Å². The molecule has 0 radical (unpaired) electrons. The van der Waals surface area contributed by atoms with Crippen molar-refractivity contribution < 1.29 is 5.11 Å². The van der Waals surface area contributed by atoms with Crippen molar-refractivity contribution in [3.05, 3.63) is 36.0 Å². The lowest BCUT2D eigenvalue weighted by molar-refractivity contribution is -0.127. The highest BCUT2D eigenvalue weighted by atomic mass is 16.3. The highest BCUT2D eigenvalue weighted by Crippen LogP contribution is 2.72. The van der Waals surface area contributed by atoms with Crippen LogP contribution in [-0.4, -0.2) is 16.9 Å². The van der Waals surface area contributed by atoms with Crippen molar-refractivity contribution in [2.45, 2.75) is 72.8 Å². The lowest BCUT2D eigenvalue weighted by Crippen LogP contribution is -2.57. The molecule has 8 unspecified atom stereocenters. The Bertz CT molecular complexity index is 747. The van der Waals surface area contributed by atoms with Crippen molar-refractivity contribution in [2.24, 2.45) is 39.9 Å². The number of fused-ring (bicyclic) bond motifs is 5. The van der Waals surface area contributed by atoms with Crippen LogP contribution in [-0.2, 0) is 0 Å². The Labute approximate surface area is 165 Å². The van der Waals surface area contributed by atoms with E-state index in [4.69, 9.17) is 5.41 Å². The van der Waals surface area contributed by atoms with Gasteiger partial charge in [-0.15, -0.1) is 0 Å². The van der Waals surface area contributed by atoms with Crippen LogP contribution in [0, 0.1) is 45.3 Å². The summed E-state index contributed by atoms with van der Waals surface area (Å²) in [5, 5.41) is 19.6. The molecule has 3 fully saturated rings. The van der Waals surface area contributed by atoms with Crippen LogP contribution in [0.15, 0.2) is 36.0 Å². The number of hydrogen-bond donors (Lipinski definition) is 2. The molecule has 0 heterocycles. The quantitative estimate of drug-likeness (QED) is 0.583. The van der Waals surface area contributed by atoms with E-state index in [9.17, 15) is 5.11 Å². The lowest BCUT2D eigenvalue weighted by atomic mass is 9.44. The molecule has 0 saturated heterocycles. The van der Waals surface area contributed by atoms with Crippen LogP contribution in [0.2, 0.25) is 0 Å². The van der Waals surface area contributed by atoms with Gasteiger partial charge in [-0.25, -0.2) is 0 Å². The molecule has 2 N–H and O–H groups in total. The Balaban J connectivity index is 1.78. The Hall–Kier alpha value is -1.15. The van der Waals surface area contributed by atoms with Gasteiger partial charge in [0.15, 0.2) is 0 Å². The smallest absolute Gasteiger partial charge is 0.0588 e. The van der Waals surface area contributed by atoms with Gasteiger partial charge in [-0.1, -0.05) is 58.4 Å². The molecular formula is C25H37NO. The molecule has 2 heteroatoms. The van der Waals surface area contributed by atoms with E-state index in [1.54, 1.807) is 0 Å². The van der Waals surface area contributed by atoms with E-state index in [1.165, 1.54) is 17.6 Å². The summed E-state index contributed by atoms with van der Waals surface area (Å²) in [6.07, 6.45) is 11.4. The Kier molecular flexibility index (Phi) is 4.21. The first-order valence-electron chi connectivity index (χ1n) is 10.9. The van der Waals surface area contributed by atoms with Crippen LogP contribution in [0.3, 0.4) is 0 Å². The van der Waals surface area contributed by atoms with Crippen molar-refractivity contribution in [1.29, 1.82) is 5.41 Å². The van der Waals surface area contributed by atoms with Gasteiger partial charge < -0.3 is 10.5 Å². The number of aliphatic hydroxyl groups is 1. The number of rotatable bonds is 2. The summed E-state index contributed by atoms with van der Waals surface area (Å²) in [4.78, 5) is 0. The van der Waals surface area contributed by atoms with Crippen LogP contribution in [0.4, 0.5) is 0 Å². The summed E-state index contributed by atoms with van der Waals surface area (Å²) >= 11 is 0. The fourth-order valence-electron chi connectivity index (χ4n) is 8.03. The first-order chi connectivity index (χ1) is 12.6. The van der Waals surface area contributed by atoms with E-state index >= 15 is 0 Å². The largest absolute Gasteiger partial charge is 0.393 e. The zero-order valence-corrected chi connectivity index (χ0v) is 17.8. The fraction of sp³-hybridized carbons (Fsp3) is 0.720. The van der Waals surface area contributed by atoms with E-state index in [0.717, 1.165) is 25.7 Å². The summed E-state index contributed by atoms with van der Waals surface area (Å²) in [6, 6.07) is 0. The van der Waals surface area contributed by atoms with Crippen molar-refractivity contribution in [3.8, 4) is 0 Å². The van der Waals surface area contributed by atoms with E-state index in [1.807, 2.05) is 6.08 Å². The molecule has 2 nitrogen and oxygen atoms in total. The average Bonchev–Trinajstić information content (AvgIpc) is 2.82. The third-order valence-electron chi connectivity index (χ3n) is 9.86. The first-order valence-corrected chi connectivity index (χ1v) is 10.9. The monoisotopic (exact) mass is 367 g/mol. The third kappa shape index (κ3) is 2.26. The Morgan fingerprint density at radius 2 is 2.04 bits per heavy atom. The number of nitrogens with one attached hydrogen (secondary N) is 1. The zero-order valence-electron chi connectivity index (χ0n) is 17.8. The third-order valence-corrected chi connectivity index (χ3v) is 9.86. The van der Waals surface area contributed by atoms with Crippen LogP contribution < -0.4 is 0 Å². The number of hydrogen-bond acceptors (Lipinski definition) is 2. The fourth-order valence-corrected chi connectivity index (χ4v) is 8.03. The molecule has 0 spiro atoms. The maximum Gasteiger partial charge on any atom is 0.0588 e. The molecule has 0 aromatic heterocycles. The molecule has 0 aromatic rings. The van der Waals surface area contributed by atoms with E-state index < -0.39 is 0 Å². The molecule has 4 rings (SSSR count). The van der Waals surface area contributed by atoms with Crippen LogP contribution in [0.5, 0.6) is 0 Å². The minimum Gasteiger partial charge on any atom is -0.393 e. The molecule has 148 valence electrons. The topological polar surface area (TPSA) is 44.1 Å². The summed E-state index contributed by atoms with van der Waals surface area (Å²) in [5.41, 5.74) is 3.50. The highest BCUT2D eigenvalue weighted by Gasteiger charge is 2.67. The second-order valence-corrected chi connectivity index (χ2v) is 10.6. The number of aliphatic hydroxyl groups excluding tert-OH is 1. The average molecular weight is 368 g/mol. The molecule has 8 atom stereocenters. The SMILES string of the molecule is C=C(CC)C1(C)C(C)CC2C3CCC4=CC(=N)C=CC4(C)C3C(O)CC21C. The Morgan fingerprint density at radius 3 is 2.70 bits per heavy atom. The normalized spacial score (nSPS) is 51.3. The molecule has 0 amide bonds. The molecule has 0 bridgehead atoms. The minimum absolute atomic E-state index is 0.0851. The molecular weight excluding hydrogens is 330 g/mol. The van der Waals surface area contributed by atoms with E-state index in [2.05, 4.69) is 53.3 Å². The molecule has 4 aliphatic rings. The summed E-state index contributed by atoms with van der Waals surface area (Å²) in [6.45, 7) is 16.4. The predicted octanol–water partition coefficient (Wildman–Crippen LogP) is 5.93.